The fourth-order valence-corrected chi connectivity index (χ4v) is 5.94. The summed E-state index contributed by atoms with van der Waals surface area (Å²) in [4.78, 5) is 15.4. The Labute approximate surface area is 185 Å². The molecule has 1 amide bonds. The molecule has 0 saturated heterocycles. The fraction of sp³-hybridized carbons (Fsp3) is 0.409. The van der Waals surface area contributed by atoms with Gasteiger partial charge in [-0.2, -0.15) is 0 Å². The summed E-state index contributed by atoms with van der Waals surface area (Å²) in [5, 5.41) is 5.34. The SMILES string of the molecule is COc1cc(Br)c(S(N)(=O)=O)cc1C(=O)N(C1CC1)C1CC(c2ccccc2C)C1. The maximum atomic E-state index is 13.5. The minimum atomic E-state index is -3.98. The highest BCUT2D eigenvalue weighted by Gasteiger charge is 2.44. The third-order valence-electron chi connectivity index (χ3n) is 6.10. The van der Waals surface area contributed by atoms with Crippen LogP contribution in [-0.4, -0.2) is 38.4 Å². The van der Waals surface area contributed by atoms with Crippen molar-refractivity contribution in [3.8, 4) is 5.75 Å². The zero-order chi connectivity index (χ0) is 21.6. The Morgan fingerprint density at radius 3 is 2.40 bits per heavy atom. The molecule has 2 saturated carbocycles. The van der Waals surface area contributed by atoms with Gasteiger partial charge in [-0.3, -0.25) is 4.79 Å². The van der Waals surface area contributed by atoms with Crippen molar-refractivity contribution >= 4 is 31.9 Å². The molecule has 0 radical (unpaired) electrons. The van der Waals surface area contributed by atoms with Crippen molar-refractivity contribution in [1.82, 2.24) is 4.90 Å². The van der Waals surface area contributed by atoms with Crippen molar-refractivity contribution in [1.29, 1.82) is 0 Å². The monoisotopic (exact) mass is 492 g/mol. The van der Waals surface area contributed by atoms with Crippen LogP contribution in [0.4, 0.5) is 0 Å². The minimum Gasteiger partial charge on any atom is -0.496 e. The molecule has 2 N–H and O–H groups in total. The number of hydrogen-bond donors (Lipinski definition) is 1. The van der Waals surface area contributed by atoms with Gasteiger partial charge in [0, 0.05) is 16.6 Å². The number of sulfonamides is 1. The molecule has 8 heteroatoms. The lowest BCUT2D eigenvalue weighted by molar-refractivity contribution is 0.0513. The molecule has 30 heavy (non-hydrogen) atoms. The Hall–Kier alpha value is -1.90. The zero-order valence-corrected chi connectivity index (χ0v) is 19.4. The van der Waals surface area contributed by atoms with E-state index in [1.54, 1.807) is 0 Å². The third kappa shape index (κ3) is 4.00. The molecule has 6 nitrogen and oxygen atoms in total. The summed E-state index contributed by atoms with van der Waals surface area (Å²) in [6, 6.07) is 11.5. The Morgan fingerprint density at radius 1 is 1.17 bits per heavy atom. The van der Waals surface area contributed by atoms with Crippen molar-refractivity contribution in [2.75, 3.05) is 7.11 Å². The first-order chi connectivity index (χ1) is 14.2. The molecule has 0 atom stereocenters. The number of carbonyl (C=O) groups is 1. The molecule has 2 aromatic rings. The van der Waals surface area contributed by atoms with Crippen LogP contribution in [0.25, 0.3) is 0 Å². The number of nitrogens with two attached hydrogens (primary N) is 1. The second-order valence-corrected chi connectivity index (χ2v) is 10.5. The van der Waals surface area contributed by atoms with E-state index in [-0.39, 0.29) is 32.9 Å². The van der Waals surface area contributed by atoms with E-state index >= 15 is 0 Å². The number of halogens is 1. The maximum Gasteiger partial charge on any atom is 0.258 e. The summed E-state index contributed by atoms with van der Waals surface area (Å²) in [6.45, 7) is 2.12. The maximum absolute atomic E-state index is 13.5. The number of aryl methyl sites for hydroxylation is 1. The first-order valence-corrected chi connectivity index (χ1v) is 12.3. The van der Waals surface area contributed by atoms with Gasteiger partial charge in [-0.25, -0.2) is 13.6 Å². The van der Waals surface area contributed by atoms with Gasteiger partial charge < -0.3 is 9.64 Å². The van der Waals surface area contributed by atoms with Gasteiger partial charge in [0.05, 0.1) is 17.6 Å². The average Bonchev–Trinajstić information content (AvgIpc) is 3.48. The van der Waals surface area contributed by atoms with E-state index in [0.717, 1.165) is 25.7 Å². The molecule has 2 aliphatic carbocycles. The third-order valence-corrected chi connectivity index (χ3v) is 7.97. The minimum absolute atomic E-state index is 0.117. The van der Waals surface area contributed by atoms with Crippen LogP contribution >= 0.6 is 15.9 Å². The van der Waals surface area contributed by atoms with E-state index in [4.69, 9.17) is 9.88 Å². The summed E-state index contributed by atoms with van der Waals surface area (Å²) in [5.41, 5.74) is 2.85. The van der Waals surface area contributed by atoms with E-state index in [2.05, 4.69) is 41.1 Å². The molecule has 4 rings (SSSR count). The van der Waals surface area contributed by atoms with E-state index in [1.807, 2.05) is 11.0 Å². The molecule has 0 unspecified atom stereocenters. The first kappa shape index (κ1) is 21.3. The summed E-state index contributed by atoms with van der Waals surface area (Å²) >= 11 is 3.22. The summed E-state index contributed by atoms with van der Waals surface area (Å²) in [7, 11) is -2.51. The van der Waals surface area contributed by atoms with Gasteiger partial charge in [-0.15, -0.1) is 0 Å². The second-order valence-electron chi connectivity index (χ2n) is 8.15. The van der Waals surface area contributed by atoms with Gasteiger partial charge >= 0.3 is 0 Å². The van der Waals surface area contributed by atoms with Crippen LogP contribution in [0.5, 0.6) is 5.75 Å². The number of methoxy groups -OCH3 is 1. The molecule has 2 aromatic carbocycles. The lowest BCUT2D eigenvalue weighted by Crippen LogP contribution is -2.48. The molecule has 0 aliphatic heterocycles. The van der Waals surface area contributed by atoms with Crippen LogP contribution in [0.1, 0.15) is 53.1 Å². The molecular weight excluding hydrogens is 468 g/mol. The zero-order valence-electron chi connectivity index (χ0n) is 17.0. The van der Waals surface area contributed by atoms with Crippen LogP contribution < -0.4 is 9.88 Å². The number of amides is 1. The predicted molar refractivity (Wildman–Crippen MR) is 118 cm³/mol. The first-order valence-electron chi connectivity index (χ1n) is 9.99. The predicted octanol–water partition coefficient (Wildman–Crippen LogP) is 3.96. The smallest absolute Gasteiger partial charge is 0.258 e. The standard InChI is InChI=1S/C22H25BrN2O4S/c1-13-5-3-4-6-17(13)14-9-16(10-14)25(15-7-8-15)22(26)18-11-21(30(24,27)28)19(23)12-20(18)29-2/h3-6,11-12,14-16H,7-10H2,1-2H3,(H2,24,27,28). The van der Waals surface area contributed by atoms with E-state index in [9.17, 15) is 13.2 Å². The topological polar surface area (TPSA) is 89.7 Å². The van der Waals surface area contributed by atoms with Crippen LogP contribution in [0.3, 0.4) is 0 Å². The van der Waals surface area contributed by atoms with Gasteiger partial charge in [-0.1, -0.05) is 24.3 Å². The van der Waals surface area contributed by atoms with E-state index < -0.39 is 10.0 Å². The Kier molecular flexibility index (Phi) is 5.67. The van der Waals surface area contributed by atoms with Crippen LogP contribution in [0, 0.1) is 6.92 Å². The lowest BCUT2D eigenvalue weighted by atomic mass is 9.73. The van der Waals surface area contributed by atoms with E-state index in [1.165, 1.54) is 30.4 Å². The van der Waals surface area contributed by atoms with Crippen molar-refractivity contribution in [3.05, 3.63) is 57.6 Å². The number of ether oxygens (including phenoxy) is 1. The van der Waals surface area contributed by atoms with Gasteiger partial charge in [0.15, 0.2) is 0 Å². The Balaban J connectivity index is 1.62. The highest BCUT2D eigenvalue weighted by Crippen LogP contribution is 2.45. The van der Waals surface area contributed by atoms with Crippen molar-refractivity contribution in [3.63, 3.8) is 0 Å². The molecule has 0 aromatic heterocycles. The largest absolute Gasteiger partial charge is 0.496 e. The highest BCUT2D eigenvalue weighted by atomic mass is 79.9. The van der Waals surface area contributed by atoms with Gasteiger partial charge in [0.2, 0.25) is 10.0 Å². The number of hydrogen-bond acceptors (Lipinski definition) is 4. The van der Waals surface area contributed by atoms with E-state index in [0.29, 0.717) is 11.7 Å². The number of carbonyl (C=O) groups excluding carboxylic acids is 1. The summed E-state index contributed by atoms with van der Waals surface area (Å²) < 4.78 is 29.6. The van der Waals surface area contributed by atoms with Gasteiger partial charge in [0.1, 0.15) is 5.75 Å². The molecule has 160 valence electrons. The normalized spacial score (nSPS) is 21.1. The number of primary sulfonamides is 1. The Morgan fingerprint density at radius 2 is 1.83 bits per heavy atom. The number of nitrogens with zero attached hydrogens (tertiary/aromatic N) is 1. The quantitative estimate of drug-likeness (QED) is 0.660. The van der Waals surface area contributed by atoms with Crippen molar-refractivity contribution < 1.29 is 17.9 Å². The number of benzene rings is 2. The Bertz CT molecular complexity index is 1090. The van der Waals surface area contributed by atoms with Crippen LogP contribution in [-0.2, 0) is 10.0 Å². The summed E-state index contributed by atoms with van der Waals surface area (Å²) in [5.74, 6) is 0.580. The van der Waals surface area contributed by atoms with Crippen LogP contribution in [0.15, 0.2) is 45.8 Å². The molecule has 0 spiro atoms. The summed E-state index contributed by atoms with van der Waals surface area (Å²) in [6.07, 6.45) is 3.76. The van der Waals surface area contributed by atoms with Gasteiger partial charge in [-0.05, 0) is 77.7 Å². The molecular formula is C22H25BrN2O4S. The van der Waals surface area contributed by atoms with Crippen molar-refractivity contribution in [2.24, 2.45) is 5.14 Å². The second kappa shape index (κ2) is 7.98. The van der Waals surface area contributed by atoms with Gasteiger partial charge in [0.25, 0.3) is 5.91 Å². The highest BCUT2D eigenvalue weighted by molar-refractivity contribution is 9.10. The number of rotatable bonds is 6. The fourth-order valence-electron chi connectivity index (χ4n) is 4.32. The molecule has 0 heterocycles. The van der Waals surface area contributed by atoms with Crippen molar-refractivity contribution in [2.45, 2.75) is 55.5 Å². The van der Waals surface area contributed by atoms with Crippen LogP contribution in [0.2, 0.25) is 0 Å². The molecule has 2 aliphatic rings. The molecule has 2 fully saturated rings. The lowest BCUT2D eigenvalue weighted by Gasteiger charge is -2.44. The average molecular weight is 493 g/mol. The molecule has 0 bridgehead atoms.